The van der Waals surface area contributed by atoms with Crippen LogP contribution in [0.5, 0.6) is 5.75 Å². The van der Waals surface area contributed by atoms with Crippen molar-refractivity contribution in [3.8, 4) is 5.75 Å². The van der Waals surface area contributed by atoms with Crippen LogP contribution in [-0.2, 0) is 11.2 Å². The average Bonchev–Trinajstić information content (AvgIpc) is 3.03. The van der Waals surface area contributed by atoms with Crippen LogP contribution in [0, 0.1) is 6.92 Å². The lowest BCUT2D eigenvalue weighted by Crippen LogP contribution is -2.37. The van der Waals surface area contributed by atoms with E-state index in [-0.39, 0.29) is 18.4 Å². The Morgan fingerprint density at radius 1 is 1.14 bits per heavy atom. The van der Waals surface area contributed by atoms with Gasteiger partial charge in [0.25, 0.3) is 5.91 Å². The first-order chi connectivity index (χ1) is 13.5. The number of ether oxygens (including phenoxy) is 1. The maximum Gasteiger partial charge on any atom is 0.263 e. The predicted molar refractivity (Wildman–Crippen MR) is 114 cm³/mol. The number of fused-ring (bicyclic) bond motifs is 1. The highest BCUT2D eigenvalue weighted by Gasteiger charge is 2.17. The van der Waals surface area contributed by atoms with Gasteiger partial charge in [0.05, 0.1) is 18.7 Å². The number of hydrogen-bond donors (Lipinski definition) is 2. The zero-order valence-corrected chi connectivity index (χ0v) is 17.2. The van der Waals surface area contributed by atoms with Crippen LogP contribution in [0.15, 0.2) is 42.5 Å². The van der Waals surface area contributed by atoms with Gasteiger partial charge in [0.2, 0.25) is 5.91 Å². The molecule has 0 atom stereocenters. The molecule has 3 rings (SSSR count). The SMILES string of the molecule is COc1ccc(C)cc1CCNC(=O)CNC(=O)c1sc2ccccc2c1Cl. The van der Waals surface area contributed by atoms with Crippen LogP contribution in [0.4, 0.5) is 0 Å². The zero-order valence-electron chi connectivity index (χ0n) is 15.7. The Labute approximate surface area is 172 Å². The highest BCUT2D eigenvalue weighted by atomic mass is 35.5. The molecule has 0 radical (unpaired) electrons. The van der Waals surface area contributed by atoms with Crippen molar-refractivity contribution in [1.82, 2.24) is 10.6 Å². The molecule has 2 aromatic carbocycles. The van der Waals surface area contributed by atoms with Crippen LogP contribution in [-0.4, -0.2) is 32.0 Å². The molecule has 0 spiro atoms. The van der Waals surface area contributed by atoms with Crippen LogP contribution in [0.3, 0.4) is 0 Å². The van der Waals surface area contributed by atoms with Gasteiger partial charge in [-0.05, 0) is 31.0 Å². The van der Waals surface area contributed by atoms with Gasteiger partial charge in [-0.15, -0.1) is 11.3 Å². The van der Waals surface area contributed by atoms with Crippen molar-refractivity contribution in [2.24, 2.45) is 0 Å². The molecule has 0 saturated heterocycles. The summed E-state index contributed by atoms with van der Waals surface area (Å²) < 4.78 is 6.28. The molecule has 0 fully saturated rings. The van der Waals surface area contributed by atoms with E-state index in [0.29, 0.717) is 22.9 Å². The number of halogens is 1. The van der Waals surface area contributed by atoms with Crippen molar-refractivity contribution in [1.29, 1.82) is 0 Å². The standard InChI is InChI=1S/C21H21ClN2O3S/c1-13-7-8-16(27-2)14(11-13)9-10-23-18(25)12-24-21(26)20-19(22)15-5-3-4-6-17(15)28-20/h3-8,11H,9-10,12H2,1-2H3,(H,23,25)(H,24,26). The van der Waals surface area contributed by atoms with Gasteiger partial charge < -0.3 is 15.4 Å². The molecule has 0 aliphatic carbocycles. The summed E-state index contributed by atoms with van der Waals surface area (Å²) in [4.78, 5) is 24.9. The molecule has 7 heteroatoms. The van der Waals surface area contributed by atoms with Crippen molar-refractivity contribution in [2.75, 3.05) is 20.2 Å². The van der Waals surface area contributed by atoms with E-state index in [0.717, 1.165) is 27.0 Å². The Balaban J connectivity index is 1.51. The summed E-state index contributed by atoms with van der Waals surface area (Å²) in [6.07, 6.45) is 0.646. The molecular weight excluding hydrogens is 396 g/mol. The molecule has 28 heavy (non-hydrogen) atoms. The van der Waals surface area contributed by atoms with Crippen molar-refractivity contribution >= 4 is 44.8 Å². The molecule has 2 amide bonds. The number of benzene rings is 2. The number of rotatable bonds is 7. The molecule has 5 nitrogen and oxygen atoms in total. The summed E-state index contributed by atoms with van der Waals surface area (Å²) in [5.41, 5.74) is 2.17. The third-order valence-corrected chi connectivity index (χ3v) is 5.98. The normalized spacial score (nSPS) is 10.7. The lowest BCUT2D eigenvalue weighted by molar-refractivity contribution is -0.120. The second-order valence-corrected chi connectivity index (χ2v) is 7.77. The fourth-order valence-corrected chi connectivity index (χ4v) is 4.34. The van der Waals surface area contributed by atoms with E-state index in [1.165, 1.54) is 11.3 Å². The molecule has 1 aromatic heterocycles. The van der Waals surface area contributed by atoms with Gasteiger partial charge in [-0.1, -0.05) is 47.5 Å². The Kier molecular flexibility index (Phi) is 6.54. The molecule has 2 N–H and O–H groups in total. The zero-order chi connectivity index (χ0) is 20.1. The van der Waals surface area contributed by atoms with Crippen LogP contribution in [0.25, 0.3) is 10.1 Å². The summed E-state index contributed by atoms with van der Waals surface area (Å²) >= 11 is 7.61. The molecule has 0 bridgehead atoms. The van der Waals surface area contributed by atoms with Gasteiger partial charge in [-0.25, -0.2) is 0 Å². The van der Waals surface area contributed by atoms with Crippen LogP contribution in [0.2, 0.25) is 5.02 Å². The number of nitrogens with one attached hydrogen (secondary N) is 2. The largest absolute Gasteiger partial charge is 0.496 e. The minimum atomic E-state index is -0.346. The minimum Gasteiger partial charge on any atom is -0.496 e. The van der Waals surface area contributed by atoms with E-state index in [4.69, 9.17) is 16.3 Å². The molecule has 1 heterocycles. The van der Waals surface area contributed by atoms with Gasteiger partial charge >= 0.3 is 0 Å². The lowest BCUT2D eigenvalue weighted by atomic mass is 10.1. The number of hydrogen-bond acceptors (Lipinski definition) is 4. The maximum absolute atomic E-state index is 12.4. The van der Waals surface area contributed by atoms with E-state index in [1.54, 1.807) is 7.11 Å². The number of thiophene rings is 1. The topological polar surface area (TPSA) is 67.4 Å². The minimum absolute atomic E-state index is 0.103. The van der Waals surface area contributed by atoms with Gasteiger partial charge in [0.1, 0.15) is 10.6 Å². The first-order valence-electron chi connectivity index (χ1n) is 8.85. The van der Waals surface area contributed by atoms with Crippen LogP contribution in [0.1, 0.15) is 20.8 Å². The van der Waals surface area contributed by atoms with Gasteiger partial charge in [0.15, 0.2) is 0 Å². The molecule has 0 aliphatic rings. The molecular formula is C21H21ClN2O3S. The van der Waals surface area contributed by atoms with Crippen molar-refractivity contribution in [3.05, 3.63) is 63.5 Å². The fourth-order valence-electron chi connectivity index (χ4n) is 2.90. The van der Waals surface area contributed by atoms with Gasteiger partial charge in [-0.3, -0.25) is 9.59 Å². The van der Waals surface area contributed by atoms with E-state index >= 15 is 0 Å². The number of methoxy groups -OCH3 is 1. The quantitative estimate of drug-likeness (QED) is 0.612. The van der Waals surface area contributed by atoms with Crippen LogP contribution >= 0.6 is 22.9 Å². The second-order valence-electron chi connectivity index (χ2n) is 6.34. The Morgan fingerprint density at radius 2 is 1.93 bits per heavy atom. The van der Waals surface area contributed by atoms with E-state index < -0.39 is 0 Å². The van der Waals surface area contributed by atoms with Gasteiger partial charge in [-0.2, -0.15) is 0 Å². The Bertz CT molecular complexity index is 1020. The van der Waals surface area contributed by atoms with E-state index in [2.05, 4.69) is 10.6 Å². The van der Waals surface area contributed by atoms with Crippen molar-refractivity contribution in [2.45, 2.75) is 13.3 Å². The summed E-state index contributed by atoms with van der Waals surface area (Å²) in [6.45, 7) is 2.36. The smallest absolute Gasteiger partial charge is 0.263 e. The van der Waals surface area contributed by atoms with Crippen LogP contribution < -0.4 is 15.4 Å². The summed E-state index contributed by atoms with van der Waals surface area (Å²) in [6, 6.07) is 13.5. The summed E-state index contributed by atoms with van der Waals surface area (Å²) in [5.74, 6) is 0.200. The first-order valence-corrected chi connectivity index (χ1v) is 10.0. The number of amides is 2. The molecule has 0 aliphatic heterocycles. The molecule has 3 aromatic rings. The Hall–Kier alpha value is -2.57. The summed E-state index contributed by atoms with van der Waals surface area (Å²) in [5, 5.41) is 6.71. The summed E-state index contributed by atoms with van der Waals surface area (Å²) in [7, 11) is 1.63. The highest BCUT2D eigenvalue weighted by Crippen LogP contribution is 2.34. The predicted octanol–water partition coefficient (Wildman–Crippen LogP) is 3.96. The number of carbonyl (C=O) groups excluding carboxylic acids is 2. The van der Waals surface area contributed by atoms with Gasteiger partial charge in [0, 0.05) is 16.6 Å². The highest BCUT2D eigenvalue weighted by molar-refractivity contribution is 7.21. The van der Waals surface area contributed by atoms with E-state index in [9.17, 15) is 9.59 Å². The number of carbonyl (C=O) groups is 2. The maximum atomic E-state index is 12.4. The lowest BCUT2D eigenvalue weighted by Gasteiger charge is -2.10. The Morgan fingerprint density at radius 3 is 2.68 bits per heavy atom. The first kappa shape index (κ1) is 20.2. The third kappa shape index (κ3) is 4.64. The van der Waals surface area contributed by atoms with Crippen molar-refractivity contribution < 1.29 is 14.3 Å². The molecule has 0 unspecified atom stereocenters. The van der Waals surface area contributed by atoms with Crippen molar-refractivity contribution in [3.63, 3.8) is 0 Å². The average molecular weight is 417 g/mol. The monoisotopic (exact) mass is 416 g/mol. The number of aryl methyl sites for hydroxylation is 1. The second kappa shape index (κ2) is 9.08. The molecule has 0 saturated carbocycles. The molecule has 146 valence electrons. The van der Waals surface area contributed by atoms with E-state index in [1.807, 2.05) is 49.4 Å². The third-order valence-electron chi connectivity index (χ3n) is 4.30. The fraction of sp³-hybridized carbons (Fsp3) is 0.238.